The second-order valence-electron chi connectivity index (χ2n) is 3.54. The summed E-state index contributed by atoms with van der Waals surface area (Å²) >= 11 is 0. The molecule has 1 aromatic rings. The molecule has 0 unspecified atom stereocenters. The summed E-state index contributed by atoms with van der Waals surface area (Å²) in [6, 6.07) is 3.26. The molecule has 0 bridgehead atoms. The Balaban J connectivity index is 3.15. The van der Waals surface area contributed by atoms with E-state index in [1.165, 1.54) is 17.2 Å². The lowest BCUT2D eigenvalue weighted by Crippen LogP contribution is -2.40. The van der Waals surface area contributed by atoms with Crippen molar-refractivity contribution in [3.63, 3.8) is 0 Å². The fourth-order valence-electron chi connectivity index (χ4n) is 1.39. The molecule has 18 heavy (non-hydrogen) atoms. The molecule has 0 saturated heterocycles. The number of amides is 2. The van der Waals surface area contributed by atoms with Gasteiger partial charge in [0.1, 0.15) is 11.9 Å². The van der Waals surface area contributed by atoms with Crippen molar-refractivity contribution in [3.8, 4) is 6.07 Å². The summed E-state index contributed by atoms with van der Waals surface area (Å²) in [6.07, 6.45) is 1.31. The highest BCUT2D eigenvalue weighted by atomic mass is 16.2. The van der Waals surface area contributed by atoms with E-state index in [1.54, 1.807) is 0 Å². The van der Waals surface area contributed by atoms with E-state index in [9.17, 15) is 9.59 Å². The van der Waals surface area contributed by atoms with Gasteiger partial charge in [0, 0.05) is 0 Å². The predicted octanol–water partition coefficient (Wildman–Crippen LogP) is -1.69. The van der Waals surface area contributed by atoms with Crippen molar-refractivity contribution in [3.05, 3.63) is 17.8 Å². The third-order valence-corrected chi connectivity index (χ3v) is 2.00. The van der Waals surface area contributed by atoms with Gasteiger partial charge in [-0.1, -0.05) is 0 Å². The third-order valence-electron chi connectivity index (χ3n) is 2.00. The van der Waals surface area contributed by atoms with E-state index >= 15 is 0 Å². The average Bonchev–Trinajstić information content (AvgIpc) is 2.26. The Morgan fingerprint density at radius 2 is 1.89 bits per heavy atom. The van der Waals surface area contributed by atoms with Crippen LogP contribution in [0.25, 0.3) is 0 Å². The minimum atomic E-state index is -0.668. The molecule has 0 aliphatic rings. The van der Waals surface area contributed by atoms with Crippen molar-refractivity contribution in [2.75, 3.05) is 23.7 Å². The molecule has 0 aromatic carbocycles. The zero-order chi connectivity index (χ0) is 13.7. The molecule has 8 heteroatoms. The zero-order valence-corrected chi connectivity index (χ0v) is 9.46. The number of pyridine rings is 1. The van der Waals surface area contributed by atoms with Gasteiger partial charge in [0.15, 0.2) is 0 Å². The Kier molecular flexibility index (Phi) is 4.04. The Morgan fingerprint density at radius 1 is 1.33 bits per heavy atom. The Hall–Kier alpha value is -2.82. The maximum Gasteiger partial charge on any atom is 0.237 e. The number of nitrogens with zero attached hydrogens (tertiary/aromatic N) is 3. The molecule has 0 aliphatic carbocycles. The van der Waals surface area contributed by atoms with E-state index in [0.717, 1.165) is 0 Å². The van der Waals surface area contributed by atoms with Crippen LogP contribution in [-0.2, 0) is 9.59 Å². The highest BCUT2D eigenvalue weighted by molar-refractivity contribution is 5.85. The van der Waals surface area contributed by atoms with E-state index in [4.69, 9.17) is 22.5 Å². The molecule has 0 saturated carbocycles. The maximum atomic E-state index is 10.9. The molecule has 8 nitrogen and oxygen atoms in total. The van der Waals surface area contributed by atoms with Gasteiger partial charge >= 0.3 is 0 Å². The van der Waals surface area contributed by atoms with Crippen LogP contribution in [0.2, 0.25) is 0 Å². The minimum Gasteiger partial charge on any atom is -0.397 e. The molecule has 0 radical (unpaired) electrons. The van der Waals surface area contributed by atoms with Gasteiger partial charge < -0.3 is 22.1 Å². The molecule has 2 amide bonds. The quantitative estimate of drug-likeness (QED) is 0.565. The average molecular weight is 248 g/mol. The molecule has 94 valence electrons. The lowest BCUT2D eigenvalue weighted by molar-refractivity contribution is -0.117. The van der Waals surface area contributed by atoms with Crippen molar-refractivity contribution in [2.24, 2.45) is 11.5 Å². The van der Waals surface area contributed by atoms with Crippen LogP contribution in [0.4, 0.5) is 11.5 Å². The summed E-state index contributed by atoms with van der Waals surface area (Å²) < 4.78 is 0. The summed E-state index contributed by atoms with van der Waals surface area (Å²) in [7, 11) is 0. The normalized spacial score (nSPS) is 9.50. The van der Waals surface area contributed by atoms with Crippen LogP contribution < -0.4 is 22.1 Å². The Morgan fingerprint density at radius 3 is 2.33 bits per heavy atom. The van der Waals surface area contributed by atoms with Gasteiger partial charge in [-0.2, -0.15) is 5.26 Å². The number of aromatic nitrogens is 1. The first-order valence-electron chi connectivity index (χ1n) is 4.91. The number of anilines is 2. The molecule has 1 rings (SSSR count). The standard InChI is InChI=1S/C10H12N6O2/c11-2-6-1-7(12)3-15-10(6)16(4-8(13)17)5-9(14)18/h1,3H,4-5,12H2,(H2,13,17)(H2,14,18). The largest absolute Gasteiger partial charge is 0.397 e. The number of hydrogen-bond donors (Lipinski definition) is 3. The first kappa shape index (κ1) is 13.2. The number of carbonyl (C=O) groups excluding carboxylic acids is 2. The number of hydrogen-bond acceptors (Lipinski definition) is 6. The fraction of sp³-hybridized carbons (Fsp3) is 0.200. The molecule has 0 fully saturated rings. The van der Waals surface area contributed by atoms with Gasteiger partial charge in [-0.25, -0.2) is 4.98 Å². The van der Waals surface area contributed by atoms with Gasteiger partial charge in [-0.3, -0.25) is 9.59 Å². The number of nitrogen functional groups attached to an aromatic ring is 1. The molecule has 6 N–H and O–H groups in total. The SMILES string of the molecule is N#Cc1cc(N)cnc1N(CC(N)=O)CC(N)=O. The number of primary amides is 2. The van der Waals surface area contributed by atoms with Gasteiger partial charge in [-0.15, -0.1) is 0 Å². The van der Waals surface area contributed by atoms with E-state index in [0.29, 0.717) is 5.69 Å². The van der Waals surface area contributed by atoms with Crippen molar-refractivity contribution >= 4 is 23.3 Å². The van der Waals surface area contributed by atoms with Gasteiger partial charge in [0.2, 0.25) is 11.8 Å². The second kappa shape index (κ2) is 5.49. The summed E-state index contributed by atoms with van der Waals surface area (Å²) in [5.41, 5.74) is 16.0. The summed E-state index contributed by atoms with van der Waals surface area (Å²) in [5, 5.41) is 8.96. The van der Waals surface area contributed by atoms with Gasteiger partial charge in [0.05, 0.1) is 30.5 Å². The van der Waals surface area contributed by atoms with Crippen LogP contribution in [0.1, 0.15) is 5.56 Å². The van der Waals surface area contributed by atoms with Crippen molar-refractivity contribution < 1.29 is 9.59 Å². The van der Waals surface area contributed by atoms with Gasteiger partial charge in [0.25, 0.3) is 0 Å². The molecular formula is C10H12N6O2. The molecule has 0 aliphatic heterocycles. The van der Waals surface area contributed by atoms with E-state index in [1.807, 2.05) is 6.07 Å². The first-order valence-corrected chi connectivity index (χ1v) is 4.91. The smallest absolute Gasteiger partial charge is 0.237 e. The van der Waals surface area contributed by atoms with Crippen LogP contribution >= 0.6 is 0 Å². The summed E-state index contributed by atoms with van der Waals surface area (Å²) in [4.78, 5) is 27.0. The molecule has 0 atom stereocenters. The lowest BCUT2D eigenvalue weighted by Gasteiger charge is -2.21. The highest BCUT2D eigenvalue weighted by Gasteiger charge is 2.17. The number of nitrogens with two attached hydrogens (primary N) is 3. The molecule has 1 aromatic heterocycles. The van der Waals surface area contributed by atoms with E-state index in [2.05, 4.69) is 4.98 Å². The fourth-order valence-corrected chi connectivity index (χ4v) is 1.39. The van der Waals surface area contributed by atoms with Crippen molar-refractivity contribution in [1.29, 1.82) is 5.26 Å². The van der Waals surface area contributed by atoms with Crippen LogP contribution in [0.3, 0.4) is 0 Å². The predicted molar refractivity (Wildman–Crippen MR) is 64.0 cm³/mol. The zero-order valence-electron chi connectivity index (χ0n) is 9.46. The van der Waals surface area contributed by atoms with E-state index < -0.39 is 11.8 Å². The lowest BCUT2D eigenvalue weighted by atomic mass is 10.2. The number of nitriles is 1. The summed E-state index contributed by atoms with van der Waals surface area (Å²) in [6.45, 7) is -0.539. The minimum absolute atomic E-state index is 0.137. The van der Waals surface area contributed by atoms with Gasteiger partial charge in [-0.05, 0) is 6.07 Å². The number of rotatable bonds is 5. The van der Waals surface area contributed by atoms with Crippen molar-refractivity contribution in [2.45, 2.75) is 0 Å². The molecule has 1 heterocycles. The first-order chi connectivity index (χ1) is 8.43. The summed E-state index contributed by atoms with van der Waals surface area (Å²) in [5.74, 6) is -1.19. The Labute approximate surface area is 103 Å². The van der Waals surface area contributed by atoms with Crippen molar-refractivity contribution in [1.82, 2.24) is 4.98 Å². The topological polar surface area (TPSA) is 152 Å². The van der Waals surface area contributed by atoms with Crippen LogP contribution in [0.15, 0.2) is 12.3 Å². The molecular weight excluding hydrogens is 236 g/mol. The van der Waals surface area contributed by atoms with E-state index in [-0.39, 0.29) is 24.5 Å². The third kappa shape index (κ3) is 3.34. The number of carbonyl (C=O) groups is 2. The Bertz CT molecular complexity index is 506. The van der Waals surface area contributed by atoms with Crippen LogP contribution in [0, 0.1) is 11.3 Å². The maximum absolute atomic E-state index is 10.9. The monoisotopic (exact) mass is 248 g/mol. The van der Waals surface area contributed by atoms with Crippen LogP contribution in [0.5, 0.6) is 0 Å². The highest BCUT2D eigenvalue weighted by Crippen LogP contribution is 2.18. The molecule has 0 spiro atoms. The second-order valence-corrected chi connectivity index (χ2v) is 3.54. The van der Waals surface area contributed by atoms with Crippen LogP contribution in [-0.4, -0.2) is 29.9 Å².